The van der Waals surface area contributed by atoms with Gasteiger partial charge in [-0.2, -0.15) is 23.2 Å². The average molecular weight is 354 g/mol. The van der Waals surface area contributed by atoms with Crippen LogP contribution in [-0.2, 0) is 0 Å². The summed E-state index contributed by atoms with van der Waals surface area (Å²) < 4.78 is 38.8. The van der Waals surface area contributed by atoms with Gasteiger partial charge in [0, 0.05) is 11.5 Å². The molecule has 5 heteroatoms. The molecule has 1 fully saturated rings. The van der Waals surface area contributed by atoms with Crippen LogP contribution >= 0.6 is 10.0 Å². The maximum atomic E-state index is 12.9. The molecule has 130 valence electrons. The first-order chi connectivity index (χ1) is 11.3. The molecule has 0 spiro atoms. The fraction of sp³-hybridized carbons (Fsp3) is 0.368. The van der Waals surface area contributed by atoms with E-state index < -0.39 is 22.7 Å². The second kappa shape index (κ2) is 6.45. The van der Waals surface area contributed by atoms with E-state index in [0.717, 1.165) is 11.5 Å². The largest absolute Gasteiger partial charge is 0.438 e. The normalized spacial score (nSPS) is 21.2. The van der Waals surface area contributed by atoms with Crippen LogP contribution in [0.15, 0.2) is 70.5 Å². The smallest absolute Gasteiger partial charge is 0.317 e. The zero-order valence-electron chi connectivity index (χ0n) is 13.8. The van der Waals surface area contributed by atoms with Crippen LogP contribution < -0.4 is 0 Å². The van der Waals surface area contributed by atoms with Gasteiger partial charge >= 0.3 is 6.18 Å². The summed E-state index contributed by atoms with van der Waals surface area (Å²) in [5.74, 6) is 1.63. The summed E-state index contributed by atoms with van der Waals surface area (Å²) in [5, 5.41) is 0. The number of quaternary nitrogens is 1. The van der Waals surface area contributed by atoms with Crippen molar-refractivity contribution in [2.75, 3.05) is 38.2 Å². The zero-order chi connectivity index (χ0) is 17.3. The zero-order valence-corrected chi connectivity index (χ0v) is 14.6. The lowest BCUT2D eigenvalue weighted by Gasteiger charge is -2.50. The van der Waals surface area contributed by atoms with Crippen LogP contribution in [0.1, 0.15) is 0 Å². The quantitative estimate of drug-likeness (QED) is 0.686. The SMILES string of the molecule is C[N+]1(CC(F)(F)F)CCS(c2ccccc2)(c2ccccc2)CC1. The van der Waals surface area contributed by atoms with E-state index in [1.165, 1.54) is 9.79 Å². The molecule has 0 bridgehead atoms. The van der Waals surface area contributed by atoms with Crippen LogP contribution in [-0.4, -0.2) is 48.8 Å². The van der Waals surface area contributed by atoms with Crippen LogP contribution in [0.2, 0.25) is 0 Å². The number of nitrogens with zero attached hydrogens (tertiary/aromatic N) is 1. The highest BCUT2D eigenvalue weighted by Gasteiger charge is 2.45. The molecule has 0 aliphatic carbocycles. The minimum absolute atomic E-state index is 0.0952. The van der Waals surface area contributed by atoms with Crippen molar-refractivity contribution in [1.29, 1.82) is 0 Å². The Morgan fingerprint density at radius 2 is 1.25 bits per heavy atom. The molecule has 24 heavy (non-hydrogen) atoms. The van der Waals surface area contributed by atoms with E-state index in [4.69, 9.17) is 0 Å². The summed E-state index contributed by atoms with van der Waals surface area (Å²) in [6.07, 6.45) is -4.11. The molecule has 0 aromatic heterocycles. The standard InChI is InChI=1S/C19H23F3NS/c1-23(16-19(20,21)22)12-14-24(15-13-23,17-8-4-2-5-9-17)18-10-6-3-7-11-18/h2-11H,12-16H2,1H3/q+1. The van der Waals surface area contributed by atoms with E-state index in [9.17, 15) is 13.2 Å². The van der Waals surface area contributed by atoms with Crippen LogP contribution in [0, 0.1) is 0 Å². The van der Waals surface area contributed by atoms with Crippen molar-refractivity contribution in [1.82, 2.24) is 0 Å². The Hall–Kier alpha value is -1.46. The molecule has 2 aromatic carbocycles. The van der Waals surface area contributed by atoms with Crippen molar-refractivity contribution in [2.24, 2.45) is 0 Å². The monoisotopic (exact) mass is 354 g/mol. The molecule has 0 radical (unpaired) electrons. The molecule has 1 saturated heterocycles. The lowest BCUT2D eigenvalue weighted by Crippen LogP contribution is -2.56. The molecule has 0 atom stereocenters. The van der Waals surface area contributed by atoms with Gasteiger partial charge in [0.05, 0.1) is 20.1 Å². The fourth-order valence-electron chi connectivity index (χ4n) is 3.53. The van der Waals surface area contributed by atoms with Gasteiger partial charge in [0.1, 0.15) is 0 Å². The molecule has 1 heterocycles. The van der Waals surface area contributed by atoms with Gasteiger partial charge in [0.2, 0.25) is 0 Å². The first-order valence-electron chi connectivity index (χ1n) is 8.12. The Labute approximate surface area is 143 Å². The Morgan fingerprint density at radius 3 is 1.62 bits per heavy atom. The Bertz CT molecular complexity index is 621. The maximum absolute atomic E-state index is 12.9. The highest BCUT2D eigenvalue weighted by Crippen LogP contribution is 2.63. The minimum Gasteiger partial charge on any atom is -0.317 e. The number of hydrogen-bond donors (Lipinski definition) is 0. The maximum Gasteiger partial charge on any atom is 0.438 e. The van der Waals surface area contributed by atoms with Gasteiger partial charge in [-0.15, -0.1) is 0 Å². The summed E-state index contributed by atoms with van der Waals surface area (Å²) in [6.45, 7) is 0.406. The van der Waals surface area contributed by atoms with Crippen molar-refractivity contribution in [3.63, 3.8) is 0 Å². The first-order valence-corrected chi connectivity index (χ1v) is 10.1. The van der Waals surface area contributed by atoms with Crippen LogP contribution in [0.3, 0.4) is 0 Å². The molecule has 0 unspecified atom stereocenters. The molecule has 1 nitrogen and oxygen atoms in total. The fourth-order valence-corrected chi connectivity index (χ4v) is 7.81. The summed E-state index contributed by atoms with van der Waals surface area (Å²) >= 11 is 0. The first kappa shape index (κ1) is 17.4. The third-order valence-corrected chi connectivity index (χ3v) is 9.02. The van der Waals surface area contributed by atoms with E-state index >= 15 is 0 Å². The highest BCUT2D eigenvalue weighted by molar-refractivity contribution is 8.33. The Morgan fingerprint density at radius 1 is 0.833 bits per heavy atom. The summed E-state index contributed by atoms with van der Waals surface area (Å²) in [7, 11) is 0.478. The van der Waals surface area contributed by atoms with E-state index in [2.05, 4.69) is 24.3 Å². The average Bonchev–Trinajstić information content (AvgIpc) is 2.56. The van der Waals surface area contributed by atoms with Crippen LogP contribution in [0.25, 0.3) is 0 Å². The summed E-state index contributed by atoms with van der Waals surface area (Å²) in [4.78, 5) is 2.57. The number of hydrogen-bond acceptors (Lipinski definition) is 0. The van der Waals surface area contributed by atoms with Gasteiger partial charge in [-0.25, -0.2) is 0 Å². The third kappa shape index (κ3) is 3.62. The van der Waals surface area contributed by atoms with Crippen molar-refractivity contribution in [3.05, 3.63) is 60.7 Å². The number of alkyl halides is 3. The summed E-state index contributed by atoms with van der Waals surface area (Å²) in [5.41, 5.74) is 0. The Kier molecular flexibility index (Phi) is 4.67. The minimum atomic E-state index is -4.11. The molecule has 3 rings (SSSR count). The van der Waals surface area contributed by atoms with E-state index in [-0.39, 0.29) is 4.48 Å². The molecule has 0 saturated carbocycles. The van der Waals surface area contributed by atoms with E-state index in [0.29, 0.717) is 13.1 Å². The predicted molar refractivity (Wildman–Crippen MR) is 93.6 cm³/mol. The third-order valence-electron chi connectivity index (χ3n) is 4.91. The molecular formula is C19H23F3NS+. The number of benzene rings is 2. The van der Waals surface area contributed by atoms with Gasteiger partial charge < -0.3 is 4.48 Å². The summed E-state index contributed by atoms with van der Waals surface area (Å²) in [6, 6.07) is 20.7. The molecule has 1 aliphatic heterocycles. The van der Waals surface area contributed by atoms with Gasteiger partial charge in [-0.1, -0.05) is 36.4 Å². The molecule has 2 aromatic rings. The lowest BCUT2D eigenvalue weighted by molar-refractivity contribution is -0.915. The van der Waals surface area contributed by atoms with E-state index in [1.54, 1.807) is 7.05 Å². The second-order valence-corrected chi connectivity index (χ2v) is 10.3. The van der Waals surface area contributed by atoms with E-state index in [1.807, 2.05) is 36.4 Å². The van der Waals surface area contributed by atoms with Crippen molar-refractivity contribution < 1.29 is 17.7 Å². The molecule has 1 aliphatic rings. The van der Waals surface area contributed by atoms with Crippen LogP contribution in [0.5, 0.6) is 0 Å². The van der Waals surface area contributed by atoms with Gasteiger partial charge in [-0.05, 0) is 34.1 Å². The number of rotatable bonds is 3. The predicted octanol–water partition coefficient (Wildman–Crippen LogP) is 4.93. The van der Waals surface area contributed by atoms with Crippen molar-refractivity contribution in [3.8, 4) is 0 Å². The second-order valence-electron chi connectivity index (χ2n) is 6.76. The van der Waals surface area contributed by atoms with Gasteiger partial charge in [-0.3, -0.25) is 0 Å². The molecule has 0 N–H and O–H groups in total. The Balaban J connectivity index is 1.93. The molecular weight excluding hydrogens is 331 g/mol. The lowest BCUT2D eigenvalue weighted by atomic mass is 10.3. The van der Waals surface area contributed by atoms with Crippen LogP contribution in [0.4, 0.5) is 13.2 Å². The highest BCUT2D eigenvalue weighted by atomic mass is 32.3. The van der Waals surface area contributed by atoms with Gasteiger partial charge in [0.25, 0.3) is 0 Å². The van der Waals surface area contributed by atoms with Gasteiger partial charge in [0.15, 0.2) is 6.54 Å². The number of halogens is 3. The molecule has 0 amide bonds. The van der Waals surface area contributed by atoms with Crippen molar-refractivity contribution >= 4 is 10.0 Å². The topological polar surface area (TPSA) is 0 Å². The van der Waals surface area contributed by atoms with Crippen molar-refractivity contribution in [2.45, 2.75) is 16.0 Å².